The maximum absolute atomic E-state index is 2.78. The molecule has 0 radical (unpaired) electrons. The molecule has 0 N–H and O–H groups in total. The van der Waals surface area contributed by atoms with Crippen molar-refractivity contribution in [3.63, 3.8) is 0 Å². The van der Waals surface area contributed by atoms with Crippen molar-refractivity contribution < 1.29 is 0 Å². The van der Waals surface area contributed by atoms with E-state index in [9.17, 15) is 0 Å². The van der Waals surface area contributed by atoms with E-state index in [-0.39, 0.29) is 7.92 Å². The standard InChI is InChI=1S/C21H45N6P/c1-4-22-7-13-25(14-8-22)19-28(20-26-15-9-23(5-2)10-16-26)21-27-17-11-24(6-3)12-18-27/h4-21H2,1-3H3. The Morgan fingerprint density at radius 1 is 0.393 bits per heavy atom. The third-order valence-electron chi connectivity index (χ3n) is 6.94. The van der Waals surface area contributed by atoms with E-state index in [0.717, 1.165) is 0 Å². The van der Waals surface area contributed by atoms with E-state index in [4.69, 9.17) is 0 Å². The van der Waals surface area contributed by atoms with Crippen LogP contribution in [-0.2, 0) is 0 Å². The van der Waals surface area contributed by atoms with Crippen LogP contribution in [-0.4, -0.2) is 146 Å². The molecule has 0 saturated carbocycles. The molecule has 0 aliphatic carbocycles. The summed E-state index contributed by atoms with van der Waals surface area (Å²) >= 11 is 0. The van der Waals surface area contributed by atoms with Crippen LogP contribution < -0.4 is 0 Å². The molecule has 0 aromatic rings. The Kier molecular flexibility index (Phi) is 9.92. The smallest absolute Gasteiger partial charge is 0.0208 e. The zero-order valence-electron chi connectivity index (χ0n) is 18.9. The van der Waals surface area contributed by atoms with Crippen LogP contribution in [0.25, 0.3) is 0 Å². The molecule has 3 heterocycles. The Labute approximate surface area is 175 Å². The van der Waals surface area contributed by atoms with Crippen molar-refractivity contribution in [3.05, 3.63) is 0 Å². The molecule has 0 amide bonds. The Balaban J connectivity index is 1.50. The number of rotatable bonds is 9. The summed E-state index contributed by atoms with van der Waals surface area (Å²) < 4.78 is 0. The van der Waals surface area contributed by atoms with Gasteiger partial charge < -0.3 is 14.7 Å². The van der Waals surface area contributed by atoms with Crippen LogP contribution in [0.3, 0.4) is 0 Å². The van der Waals surface area contributed by atoms with Crippen molar-refractivity contribution in [2.75, 3.05) is 117 Å². The second kappa shape index (κ2) is 12.1. The van der Waals surface area contributed by atoms with Crippen LogP contribution in [0.4, 0.5) is 0 Å². The normalized spacial score (nSPS) is 25.7. The van der Waals surface area contributed by atoms with Crippen molar-refractivity contribution in [2.24, 2.45) is 0 Å². The van der Waals surface area contributed by atoms with Gasteiger partial charge in [-0.05, 0) is 19.6 Å². The number of likely N-dealkylation sites (N-methyl/N-ethyl adjacent to an activating group) is 3. The van der Waals surface area contributed by atoms with Gasteiger partial charge in [0.05, 0.1) is 0 Å². The van der Waals surface area contributed by atoms with Gasteiger partial charge in [-0.25, -0.2) is 0 Å². The topological polar surface area (TPSA) is 19.4 Å². The Morgan fingerprint density at radius 2 is 0.607 bits per heavy atom. The average Bonchev–Trinajstić information content (AvgIpc) is 2.75. The first-order valence-corrected chi connectivity index (χ1v) is 13.7. The first-order chi connectivity index (χ1) is 13.7. The highest BCUT2D eigenvalue weighted by Crippen LogP contribution is 2.38. The third-order valence-corrected chi connectivity index (χ3v) is 9.34. The maximum Gasteiger partial charge on any atom is 0.0208 e. The van der Waals surface area contributed by atoms with Crippen LogP contribution in [0, 0.1) is 0 Å². The first-order valence-electron chi connectivity index (χ1n) is 11.8. The lowest BCUT2D eigenvalue weighted by Crippen LogP contribution is -2.49. The molecule has 0 unspecified atom stereocenters. The predicted molar refractivity (Wildman–Crippen MR) is 123 cm³/mol. The van der Waals surface area contributed by atoms with Gasteiger partial charge in [0, 0.05) is 97.4 Å². The molecule has 0 aromatic carbocycles. The van der Waals surface area contributed by atoms with Crippen LogP contribution in [0.15, 0.2) is 0 Å². The Hall–Kier alpha value is 0.190. The quantitative estimate of drug-likeness (QED) is 0.527. The molecule has 0 bridgehead atoms. The zero-order chi connectivity index (χ0) is 19.8. The van der Waals surface area contributed by atoms with Gasteiger partial charge in [-0.3, -0.25) is 14.7 Å². The lowest BCUT2D eigenvalue weighted by molar-refractivity contribution is 0.141. The number of piperazine rings is 3. The van der Waals surface area contributed by atoms with Gasteiger partial charge in [-0.2, -0.15) is 0 Å². The minimum Gasteiger partial charge on any atom is -0.301 e. The molecule has 7 heteroatoms. The fourth-order valence-electron chi connectivity index (χ4n) is 4.72. The van der Waals surface area contributed by atoms with E-state index < -0.39 is 0 Å². The molecule has 3 aliphatic rings. The lowest BCUT2D eigenvalue weighted by atomic mass is 10.3. The largest absolute Gasteiger partial charge is 0.301 e. The molecule has 3 saturated heterocycles. The lowest BCUT2D eigenvalue weighted by Gasteiger charge is -2.42. The van der Waals surface area contributed by atoms with Gasteiger partial charge in [-0.15, -0.1) is 0 Å². The SMILES string of the molecule is CCN1CCN(CP(CN2CCN(CC)CC2)CN2CCN(CC)CC2)CC1. The summed E-state index contributed by atoms with van der Waals surface area (Å²) in [7, 11) is 0.0374. The van der Waals surface area contributed by atoms with E-state index >= 15 is 0 Å². The van der Waals surface area contributed by atoms with Gasteiger partial charge in [0.25, 0.3) is 0 Å². The predicted octanol–water partition coefficient (Wildman–Crippen LogP) is 1.25. The molecule has 6 nitrogen and oxygen atoms in total. The molecule has 3 aliphatic heterocycles. The van der Waals surface area contributed by atoms with Crippen LogP contribution in [0.1, 0.15) is 20.8 Å². The molecule has 0 atom stereocenters. The fraction of sp³-hybridized carbons (Fsp3) is 1.00. The van der Waals surface area contributed by atoms with Crippen molar-refractivity contribution in [2.45, 2.75) is 20.8 Å². The number of hydrogen-bond donors (Lipinski definition) is 0. The van der Waals surface area contributed by atoms with E-state index in [1.165, 1.54) is 117 Å². The van der Waals surface area contributed by atoms with Gasteiger partial charge in [0.15, 0.2) is 0 Å². The second-order valence-corrected chi connectivity index (χ2v) is 10.9. The highest BCUT2D eigenvalue weighted by molar-refractivity contribution is 7.57. The molecular weight excluding hydrogens is 367 g/mol. The second-order valence-electron chi connectivity index (χ2n) is 8.75. The van der Waals surface area contributed by atoms with E-state index in [0.29, 0.717) is 0 Å². The molecule has 164 valence electrons. The molecule has 28 heavy (non-hydrogen) atoms. The summed E-state index contributed by atoms with van der Waals surface area (Å²) in [5.74, 6) is 0. The van der Waals surface area contributed by atoms with Crippen molar-refractivity contribution >= 4 is 7.92 Å². The molecular formula is C21H45N6P. The van der Waals surface area contributed by atoms with Gasteiger partial charge >= 0.3 is 0 Å². The van der Waals surface area contributed by atoms with Crippen molar-refractivity contribution in [1.29, 1.82) is 0 Å². The monoisotopic (exact) mass is 412 g/mol. The van der Waals surface area contributed by atoms with Crippen LogP contribution in [0.5, 0.6) is 0 Å². The highest BCUT2D eigenvalue weighted by Gasteiger charge is 2.25. The van der Waals surface area contributed by atoms with E-state index in [1.807, 2.05) is 0 Å². The molecule has 0 aromatic heterocycles. The summed E-state index contributed by atoms with van der Waals surface area (Å²) in [5, 5.41) is 0. The fourth-order valence-corrected chi connectivity index (χ4v) is 7.54. The molecule has 3 fully saturated rings. The summed E-state index contributed by atoms with van der Waals surface area (Å²) in [6.45, 7) is 25.8. The minimum atomic E-state index is 0.0374. The Bertz CT molecular complexity index is 353. The van der Waals surface area contributed by atoms with Crippen molar-refractivity contribution in [3.8, 4) is 0 Å². The molecule has 0 spiro atoms. The number of hydrogen-bond acceptors (Lipinski definition) is 6. The van der Waals surface area contributed by atoms with Gasteiger partial charge in [0.1, 0.15) is 0 Å². The maximum atomic E-state index is 2.78. The average molecular weight is 413 g/mol. The van der Waals surface area contributed by atoms with E-state index in [1.54, 1.807) is 0 Å². The summed E-state index contributed by atoms with van der Waals surface area (Å²) in [6.07, 6.45) is 4.07. The minimum absolute atomic E-state index is 0.0374. The summed E-state index contributed by atoms with van der Waals surface area (Å²) in [5.41, 5.74) is 0. The van der Waals surface area contributed by atoms with Crippen LogP contribution in [0.2, 0.25) is 0 Å². The summed E-state index contributed by atoms with van der Waals surface area (Å²) in [6, 6.07) is 0. The summed E-state index contributed by atoms with van der Waals surface area (Å²) in [4.78, 5) is 16.2. The molecule has 3 rings (SSSR count). The van der Waals surface area contributed by atoms with Gasteiger partial charge in [-0.1, -0.05) is 28.7 Å². The van der Waals surface area contributed by atoms with Crippen LogP contribution >= 0.6 is 7.92 Å². The zero-order valence-corrected chi connectivity index (χ0v) is 19.8. The van der Waals surface area contributed by atoms with Crippen molar-refractivity contribution in [1.82, 2.24) is 29.4 Å². The Morgan fingerprint density at radius 3 is 0.821 bits per heavy atom. The van der Waals surface area contributed by atoms with Gasteiger partial charge in [0.2, 0.25) is 0 Å². The highest BCUT2D eigenvalue weighted by atomic mass is 31.1. The van der Waals surface area contributed by atoms with E-state index in [2.05, 4.69) is 50.2 Å². The number of nitrogens with zero attached hydrogens (tertiary/aromatic N) is 6. The first kappa shape index (κ1) is 22.9. The third kappa shape index (κ3) is 7.16.